The molecule has 0 spiro atoms. The molecule has 100 valence electrons. The number of hydrogen-bond acceptors (Lipinski definition) is 3. The predicted molar refractivity (Wildman–Crippen MR) is 84.1 cm³/mol. The SMILES string of the molecule is CC1CCC(C)(CNC2=NCCN2C)CC1.I. The zero-order valence-corrected chi connectivity index (χ0v) is 13.7. The average molecular weight is 351 g/mol. The van der Waals surface area contributed by atoms with E-state index >= 15 is 0 Å². The summed E-state index contributed by atoms with van der Waals surface area (Å²) >= 11 is 0. The van der Waals surface area contributed by atoms with Gasteiger partial charge in [-0.25, -0.2) is 0 Å². The Labute approximate surface area is 122 Å². The standard InChI is InChI=1S/C13H25N3.HI/c1-11-4-6-13(2,7-5-11)10-15-12-14-8-9-16(12)3;/h11H,4-10H2,1-3H3,(H,14,15);1H. The molecule has 2 aliphatic rings. The largest absolute Gasteiger partial charge is 0.356 e. The van der Waals surface area contributed by atoms with Gasteiger partial charge >= 0.3 is 0 Å². The Bertz CT molecular complexity index is 270. The normalized spacial score (nSPS) is 33.0. The van der Waals surface area contributed by atoms with Crippen LogP contribution in [0.15, 0.2) is 4.99 Å². The zero-order chi connectivity index (χ0) is 11.6. The fraction of sp³-hybridized carbons (Fsp3) is 0.923. The van der Waals surface area contributed by atoms with Gasteiger partial charge in [-0.1, -0.05) is 26.7 Å². The molecule has 0 aromatic heterocycles. The van der Waals surface area contributed by atoms with E-state index in [2.05, 4.69) is 36.1 Å². The maximum atomic E-state index is 4.48. The fourth-order valence-electron chi connectivity index (χ4n) is 2.65. The van der Waals surface area contributed by atoms with Crippen molar-refractivity contribution in [1.29, 1.82) is 0 Å². The van der Waals surface area contributed by atoms with Crippen LogP contribution in [0.1, 0.15) is 39.5 Å². The second-order valence-electron chi connectivity index (χ2n) is 5.97. The van der Waals surface area contributed by atoms with E-state index < -0.39 is 0 Å². The van der Waals surface area contributed by atoms with E-state index in [1.54, 1.807) is 0 Å². The summed E-state index contributed by atoms with van der Waals surface area (Å²) in [5, 5.41) is 3.53. The Balaban J connectivity index is 0.00000144. The molecule has 17 heavy (non-hydrogen) atoms. The van der Waals surface area contributed by atoms with Crippen LogP contribution < -0.4 is 5.32 Å². The number of likely N-dealkylation sites (N-methyl/N-ethyl adjacent to an activating group) is 1. The molecule has 3 nitrogen and oxygen atoms in total. The first-order valence-electron chi connectivity index (χ1n) is 6.58. The molecule has 0 aromatic rings. The quantitative estimate of drug-likeness (QED) is 0.775. The summed E-state index contributed by atoms with van der Waals surface area (Å²) in [6.45, 7) is 7.90. The van der Waals surface area contributed by atoms with Crippen molar-refractivity contribution < 1.29 is 0 Å². The van der Waals surface area contributed by atoms with Crippen molar-refractivity contribution in [3.05, 3.63) is 0 Å². The molecule has 4 heteroatoms. The van der Waals surface area contributed by atoms with Crippen LogP contribution in [-0.4, -0.2) is 37.5 Å². The van der Waals surface area contributed by atoms with Crippen molar-refractivity contribution in [3.8, 4) is 0 Å². The molecular weight excluding hydrogens is 325 g/mol. The number of aliphatic imine (C=N–C) groups is 1. The number of rotatable bonds is 2. The maximum Gasteiger partial charge on any atom is 0.193 e. The highest BCUT2D eigenvalue weighted by atomic mass is 127. The lowest BCUT2D eigenvalue weighted by molar-refractivity contribution is 0.179. The van der Waals surface area contributed by atoms with E-state index in [1.807, 2.05) is 0 Å². The molecule has 1 saturated carbocycles. The Kier molecular flexibility index (Phi) is 5.54. The molecule has 1 aliphatic carbocycles. The Morgan fingerprint density at radius 1 is 1.41 bits per heavy atom. The lowest BCUT2D eigenvalue weighted by atomic mass is 9.72. The first-order valence-corrected chi connectivity index (χ1v) is 6.58. The third-order valence-corrected chi connectivity index (χ3v) is 4.21. The van der Waals surface area contributed by atoms with Gasteiger partial charge in [-0.05, 0) is 24.2 Å². The lowest BCUT2D eigenvalue weighted by Gasteiger charge is -2.37. The molecule has 0 radical (unpaired) electrons. The number of halogens is 1. The molecule has 2 rings (SSSR count). The molecule has 0 aromatic carbocycles. The van der Waals surface area contributed by atoms with Crippen molar-refractivity contribution in [1.82, 2.24) is 10.2 Å². The van der Waals surface area contributed by atoms with Crippen molar-refractivity contribution in [3.63, 3.8) is 0 Å². The second kappa shape index (κ2) is 6.25. The van der Waals surface area contributed by atoms with E-state index in [0.717, 1.165) is 31.5 Å². The molecule has 0 unspecified atom stereocenters. The molecule has 0 saturated heterocycles. The smallest absolute Gasteiger partial charge is 0.193 e. The summed E-state index contributed by atoms with van der Waals surface area (Å²) in [7, 11) is 2.12. The summed E-state index contributed by atoms with van der Waals surface area (Å²) in [4.78, 5) is 6.70. The zero-order valence-electron chi connectivity index (χ0n) is 11.3. The van der Waals surface area contributed by atoms with Crippen LogP contribution in [0.4, 0.5) is 0 Å². The summed E-state index contributed by atoms with van der Waals surface area (Å²) in [5.41, 5.74) is 0.485. The number of guanidine groups is 1. The van der Waals surface area contributed by atoms with Gasteiger partial charge in [0.2, 0.25) is 0 Å². The monoisotopic (exact) mass is 351 g/mol. The van der Waals surface area contributed by atoms with Gasteiger partial charge in [-0.3, -0.25) is 4.99 Å². The molecule has 1 N–H and O–H groups in total. The van der Waals surface area contributed by atoms with Crippen LogP contribution in [-0.2, 0) is 0 Å². The Morgan fingerprint density at radius 2 is 2.06 bits per heavy atom. The highest BCUT2D eigenvalue weighted by molar-refractivity contribution is 14.0. The molecule has 0 amide bonds. The highest BCUT2D eigenvalue weighted by Crippen LogP contribution is 2.37. The topological polar surface area (TPSA) is 27.6 Å². The van der Waals surface area contributed by atoms with Gasteiger partial charge < -0.3 is 10.2 Å². The van der Waals surface area contributed by atoms with Crippen LogP contribution in [0.2, 0.25) is 0 Å². The molecule has 1 heterocycles. The van der Waals surface area contributed by atoms with Crippen LogP contribution in [0.5, 0.6) is 0 Å². The molecule has 0 atom stereocenters. The third-order valence-electron chi connectivity index (χ3n) is 4.21. The van der Waals surface area contributed by atoms with E-state index in [9.17, 15) is 0 Å². The van der Waals surface area contributed by atoms with Gasteiger partial charge in [0, 0.05) is 20.1 Å². The van der Waals surface area contributed by atoms with E-state index in [1.165, 1.54) is 25.7 Å². The van der Waals surface area contributed by atoms with E-state index in [0.29, 0.717) is 5.41 Å². The molecule has 1 fully saturated rings. The molecule has 1 aliphatic heterocycles. The minimum absolute atomic E-state index is 0. The van der Waals surface area contributed by atoms with Crippen molar-refractivity contribution in [2.45, 2.75) is 39.5 Å². The van der Waals surface area contributed by atoms with Crippen LogP contribution in [0, 0.1) is 11.3 Å². The van der Waals surface area contributed by atoms with Crippen molar-refractivity contribution in [2.24, 2.45) is 16.3 Å². The summed E-state index contributed by atoms with van der Waals surface area (Å²) in [5.74, 6) is 2.03. The van der Waals surface area contributed by atoms with Gasteiger partial charge in [0.1, 0.15) is 0 Å². The number of nitrogens with zero attached hydrogens (tertiary/aromatic N) is 2. The first kappa shape index (κ1) is 15.1. The molecule has 0 bridgehead atoms. The molecular formula is C13H26IN3. The number of hydrogen-bond donors (Lipinski definition) is 1. The van der Waals surface area contributed by atoms with E-state index in [-0.39, 0.29) is 24.0 Å². The summed E-state index contributed by atoms with van der Waals surface area (Å²) in [6.07, 6.45) is 5.50. The fourth-order valence-corrected chi connectivity index (χ4v) is 2.65. The summed E-state index contributed by atoms with van der Waals surface area (Å²) in [6, 6.07) is 0. The van der Waals surface area contributed by atoms with Crippen molar-refractivity contribution >= 4 is 29.9 Å². The summed E-state index contributed by atoms with van der Waals surface area (Å²) < 4.78 is 0. The van der Waals surface area contributed by atoms with Crippen molar-refractivity contribution in [2.75, 3.05) is 26.7 Å². The van der Waals surface area contributed by atoms with Crippen LogP contribution >= 0.6 is 24.0 Å². The van der Waals surface area contributed by atoms with Gasteiger partial charge in [0.25, 0.3) is 0 Å². The predicted octanol–water partition coefficient (Wildman–Crippen LogP) is 2.71. The minimum atomic E-state index is 0. The van der Waals surface area contributed by atoms with Gasteiger partial charge in [-0.2, -0.15) is 0 Å². The minimum Gasteiger partial charge on any atom is -0.356 e. The number of nitrogens with one attached hydrogen (secondary N) is 1. The second-order valence-corrected chi connectivity index (χ2v) is 5.97. The first-order chi connectivity index (χ1) is 7.59. The average Bonchev–Trinajstić information content (AvgIpc) is 2.67. The highest BCUT2D eigenvalue weighted by Gasteiger charge is 2.30. The lowest BCUT2D eigenvalue weighted by Crippen LogP contribution is -2.42. The van der Waals surface area contributed by atoms with Crippen LogP contribution in [0.3, 0.4) is 0 Å². The van der Waals surface area contributed by atoms with Gasteiger partial charge in [0.15, 0.2) is 5.96 Å². The van der Waals surface area contributed by atoms with E-state index in [4.69, 9.17) is 0 Å². The van der Waals surface area contributed by atoms with Gasteiger partial charge in [-0.15, -0.1) is 24.0 Å². The Hall–Kier alpha value is 0. The Morgan fingerprint density at radius 3 is 2.59 bits per heavy atom. The van der Waals surface area contributed by atoms with Gasteiger partial charge in [0.05, 0.1) is 6.54 Å². The van der Waals surface area contributed by atoms with Crippen LogP contribution in [0.25, 0.3) is 0 Å². The third kappa shape index (κ3) is 4.00. The maximum absolute atomic E-state index is 4.48.